The number of para-hydroxylation sites is 1. The predicted octanol–water partition coefficient (Wildman–Crippen LogP) is 1.17. The average molecular weight is 249 g/mol. The molecule has 1 aromatic carbocycles. The zero-order valence-corrected chi connectivity index (χ0v) is 10.4. The molecule has 4 heteroatoms. The maximum absolute atomic E-state index is 5.66. The highest BCUT2D eigenvalue weighted by Crippen LogP contribution is 2.32. The van der Waals surface area contributed by atoms with Crippen molar-refractivity contribution in [2.45, 2.75) is 12.0 Å². The van der Waals surface area contributed by atoms with Crippen LogP contribution in [0.25, 0.3) is 0 Å². The van der Waals surface area contributed by atoms with Crippen molar-refractivity contribution >= 4 is 0 Å². The molecular weight excluding hydrogens is 230 g/mol. The van der Waals surface area contributed by atoms with Crippen LogP contribution in [0.3, 0.4) is 0 Å². The molecule has 0 aliphatic carbocycles. The molecule has 2 atom stereocenters. The van der Waals surface area contributed by atoms with Crippen molar-refractivity contribution < 1.29 is 14.2 Å². The van der Waals surface area contributed by atoms with Crippen LogP contribution >= 0.6 is 0 Å². The summed E-state index contributed by atoms with van der Waals surface area (Å²) in [5.74, 6) is 1.48. The number of fused-ring (bicyclic) bond motifs is 1. The van der Waals surface area contributed by atoms with Gasteiger partial charge >= 0.3 is 0 Å². The Morgan fingerprint density at radius 1 is 1.11 bits per heavy atom. The van der Waals surface area contributed by atoms with Gasteiger partial charge in [0.25, 0.3) is 0 Å². The number of hydrogen-bond donors (Lipinski definition) is 1. The molecule has 1 N–H and O–H groups in total. The summed E-state index contributed by atoms with van der Waals surface area (Å²) in [5, 5.41) is 3.45. The van der Waals surface area contributed by atoms with Gasteiger partial charge in [-0.25, -0.2) is 0 Å². The highest BCUT2D eigenvalue weighted by molar-refractivity contribution is 5.39. The highest BCUT2D eigenvalue weighted by Gasteiger charge is 2.23. The van der Waals surface area contributed by atoms with E-state index in [0.717, 1.165) is 32.1 Å². The zero-order chi connectivity index (χ0) is 12.2. The summed E-state index contributed by atoms with van der Waals surface area (Å²) < 4.78 is 16.6. The van der Waals surface area contributed by atoms with E-state index in [-0.39, 0.29) is 6.10 Å². The summed E-state index contributed by atoms with van der Waals surface area (Å²) in [6.45, 7) is 4.68. The third-order valence-corrected chi connectivity index (χ3v) is 3.45. The van der Waals surface area contributed by atoms with E-state index in [4.69, 9.17) is 14.2 Å². The summed E-state index contributed by atoms with van der Waals surface area (Å²) in [7, 11) is 0. The summed E-state index contributed by atoms with van der Waals surface area (Å²) >= 11 is 0. The summed E-state index contributed by atoms with van der Waals surface area (Å²) in [6.07, 6.45) is 0.191. The van der Waals surface area contributed by atoms with Crippen molar-refractivity contribution in [2.24, 2.45) is 0 Å². The number of nitrogens with one attached hydrogen (secondary N) is 1. The van der Waals surface area contributed by atoms with Gasteiger partial charge in [0.1, 0.15) is 5.75 Å². The topological polar surface area (TPSA) is 39.7 Å². The van der Waals surface area contributed by atoms with E-state index in [1.807, 2.05) is 12.1 Å². The van der Waals surface area contributed by atoms with Gasteiger partial charge in [0.15, 0.2) is 0 Å². The molecular formula is C14H19NO3. The fourth-order valence-corrected chi connectivity index (χ4v) is 2.47. The molecule has 0 aromatic heterocycles. The van der Waals surface area contributed by atoms with Crippen LogP contribution in [0.2, 0.25) is 0 Å². The minimum atomic E-state index is 0.191. The van der Waals surface area contributed by atoms with Crippen LogP contribution in [-0.2, 0) is 9.47 Å². The molecule has 0 saturated carbocycles. The van der Waals surface area contributed by atoms with Gasteiger partial charge in [0.2, 0.25) is 0 Å². The first-order chi connectivity index (χ1) is 8.93. The zero-order valence-electron chi connectivity index (χ0n) is 10.4. The molecule has 0 spiro atoms. The molecule has 1 fully saturated rings. The first-order valence-electron chi connectivity index (χ1n) is 6.55. The van der Waals surface area contributed by atoms with Gasteiger partial charge in [-0.3, -0.25) is 0 Å². The lowest BCUT2D eigenvalue weighted by Crippen LogP contribution is -2.38. The second-order valence-corrected chi connectivity index (χ2v) is 4.77. The quantitative estimate of drug-likeness (QED) is 0.869. The molecule has 2 aliphatic rings. The predicted molar refractivity (Wildman–Crippen MR) is 68.1 cm³/mol. The van der Waals surface area contributed by atoms with Gasteiger partial charge in [0.05, 0.1) is 32.5 Å². The largest absolute Gasteiger partial charge is 0.493 e. The van der Waals surface area contributed by atoms with Crippen molar-refractivity contribution in [1.29, 1.82) is 0 Å². The van der Waals surface area contributed by atoms with Gasteiger partial charge < -0.3 is 19.5 Å². The van der Waals surface area contributed by atoms with Crippen LogP contribution in [0, 0.1) is 0 Å². The SMILES string of the molecule is c1ccc2c(c1)OCC2CNCC1COCCO1. The van der Waals surface area contributed by atoms with Crippen molar-refractivity contribution in [3.8, 4) is 5.75 Å². The lowest BCUT2D eigenvalue weighted by Gasteiger charge is -2.23. The van der Waals surface area contributed by atoms with Crippen LogP contribution in [0.15, 0.2) is 24.3 Å². The molecule has 98 valence electrons. The van der Waals surface area contributed by atoms with Crippen molar-refractivity contribution in [3.63, 3.8) is 0 Å². The lowest BCUT2D eigenvalue weighted by atomic mass is 10.0. The lowest BCUT2D eigenvalue weighted by molar-refractivity contribution is -0.0863. The molecule has 2 aliphatic heterocycles. The van der Waals surface area contributed by atoms with E-state index < -0.39 is 0 Å². The first kappa shape index (κ1) is 12.0. The molecule has 0 amide bonds. The Bertz CT molecular complexity index is 390. The summed E-state index contributed by atoms with van der Waals surface area (Å²) in [4.78, 5) is 0. The Morgan fingerprint density at radius 2 is 2.06 bits per heavy atom. The fraction of sp³-hybridized carbons (Fsp3) is 0.571. The normalized spacial score (nSPS) is 26.7. The van der Waals surface area contributed by atoms with Crippen LogP contribution in [0.1, 0.15) is 11.5 Å². The number of rotatable bonds is 4. The van der Waals surface area contributed by atoms with Gasteiger partial charge in [-0.15, -0.1) is 0 Å². The van der Waals surface area contributed by atoms with Crippen LogP contribution in [0.5, 0.6) is 5.75 Å². The molecule has 0 bridgehead atoms. The summed E-state index contributed by atoms with van der Waals surface area (Å²) in [6, 6.07) is 8.27. The number of ether oxygens (including phenoxy) is 3. The maximum Gasteiger partial charge on any atom is 0.122 e. The average Bonchev–Trinajstić information content (AvgIpc) is 2.84. The number of hydrogen-bond acceptors (Lipinski definition) is 4. The van der Waals surface area contributed by atoms with E-state index in [0.29, 0.717) is 19.1 Å². The van der Waals surface area contributed by atoms with E-state index in [1.54, 1.807) is 0 Å². The van der Waals surface area contributed by atoms with E-state index in [9.17, 15) is 0 Å². The Labute approximate surface area is 107 Å². The second-order valence-electron chi connectivity index (χ2n) is 4.77. The minimum absolute atomic E-state index is 0.191. The van der Waals surface area contributed by atoms with Gasteiger partial charge in [-0.2, -0.15) is 0 Å². The van der Waals surface area contributed by atoms with Crippen LogP contribution in [-0.4, -0.2) is 45.6 Å². The van der Waals surface area contributed by atoms with E-state index >= 15 is 0 Å². The second kappa shape index (κ2) is 5.69. The maximum atomic E-state index is 5.66. The van der Waals surface area contributed by atoms with Gasteiger partial charge in [-0.05, 0) is 6.07 Å². The molecule has 3 rings (SSSR count). The first-order valence-corrected chi connectivity index (χ1v) is 6.55. The van der Waals surface area contributed by atoms with Gasteiger partial charge in [0, 0.05) is 24.6 Å². The third-order valence-electron chi connectivity index (χ3n) is 3.45. The molecule has 18 heavy (non-hydrogen) atoms. The standard InChI is InChI=1S/C14H19NO3/c1-2-4-14-13(3-1)11(9-18-14)7-15-8-12-10-16-5-6-17-12/h1-4,11-12,15H,5-10H2. The molecule has 1 saturated heterocycles. The van der Waals surface area contributed by atoms with Crippen molar-refractivity contribution in [2.75, 3.05) is 39.5 Å². The monoisotopic (exact) mass is 249 g/mol. The Morgan fingerprint density at radius 3 is 2.94 bits per heavy atom. The van der Waals surface area contributed by atoms with Crippen molar-refractivity contribution in [1.82, 2.24) is 5.32 Å². The van der Waals surface area contributed by atoms with Crippen LogP contribution < -0.4 is 10.1 Å². The molecule has 0 radical (unpaired) electrons. The Hall–Kier alpha value is -1.10. The van der Waals surface area contributed by atoms with E-state index in [2.05, 4.69) is 17.4 Å². The third kappa shape index (κ3) is 2.66. The number of benzene rings is 1. The van der Waals surface area contributed by atoms with E-state index in [1.165, 1.54) is 5.56 Å². The molecule has 2 heterocycles. The molecule has 2 unspecified atom stereocenters. The smallest absolute Gasteiger partial charge is 0.122 e. The fourth-order valence-electron chi connectivity index (χ4n) is 2.47. The summed E-state index contributed by atoms with van der Waals surface area (Å²) in [5.41, 5.74) is 1.31. The molecule has 4 nitrogen and oxygen atoms in total. The molecule has 1 aromatic rings. The Balaban J connectivity index is 1.47. The van der Waals surface area contributed by atoms with Gasteiger partial charge in [-0.1, -0.05) is 18.2 Å². The van der Waals surface area contributed by atoms with Crippen LogP contribution in [0.4, 0.5) is 0 Å². The highest BCUT2D eigenvalue weighted by atomic mass is 16.6. The van der Waals surface area contributed by atoms with Crippen molar-refractivity contribution in [3.05, 3.63) is 29.8 Å². The Kier molecular flexibility index (Phi) is 3.78. The minimum Gasteiger partial charge on any atom is -0.493 e.